The number of nitrogens with zero attached hydrogens (tertiary/aromatic N) is 1. The minimum atomic E-state index is -0.243. The van der Waals surface area contributed by atoms with Gasteiger partial charge in [0.2, 0.25) is 5.91 Å². The Morgan fingerprint density at radius 3 is 2.33 bits per heavy atom. The molecule has 1 atom stereocenters. The van der Waals surface area contributed by atoms with Gasteiger partial charge < -0.3 is 15.0 Å². The van der Waals surface area contributed by atoms with Crippen molar-refractivity contribution in [2.75, 3.05) is 33.8 Å². The molecule has 6 heteroatoms. The molecule has 0 saturated carbocycles. The molecule has 3 aromatic carbocycles. The highest BCUT2D eigenvalue weighted by atomic mass is 31.0. The second-order valence-electron chi connectivity index (χ2n) is 8.56. The zero-order valence-corrected chi connectivity index (χ0v) is 22.3. The van der Waals surface area contributed by atoms with E-state index >= 15 is 0 Å². The fourth-order valence-electron chi connectivity index (χ4n) is 3.88. The van der Waals surface area contributed by atoms with Gasteiger partial charge >= 0.3 is 0 Å². The Balaban J connectivity index is 1.75. The van der Waals surface area contributed by atoms with Gasteiger partial charge in [-0.25, -0.2) is 4.39 Å². The lowest BCUT2D eigenvalue weighted by molar-refractivity contribution is -0.123. The Morgan fingerprint density at radius 1 is 1.00 bits per heavy atom. The number of nitrogens with one attached hydrogen (secondary N) is 1. The third-order valence-electron chi connectivity index (χ3n) is 5.64. The number of allylic oxidation sites excluding steroid dienone is 1. The van der Waals surface area contributed by atoms with Crippen molar-refractivity contribution >= 4 is 31.6 Å². The quantitative estimate of drug-likeness (QED) is 0.167. The maximum absolute atomic E-state index is 14.3. The van der Waals surface area contributed by atoms with E-state index in [0.717, 1.165) is 45.3 Å². The van der Waals surface area contributed by atoms with Gasteiger partial charge in [0.05, 0.1) is 0 Å². The molecular weight excluding hydrogens is 470 g/mol. The average Bonchev–Trinajstić information content (AvgIpc) is 2.86. The van der Waals surface area contributed by atoms with Gasteiger partial charge in [-0.05, 0) is 69.9 Å². The molecule has 0 fully saturated rings. The van der Waals surface area contributed by atoms with E-state index < -0.39 is 0 Å². The van der Waals surface area contributed by atoms with Gasteiger partial charge in [0.15, 0.2) is 0 Å². The second kappa shape index (κ2) is 13.7. The van der Waals surface area contributed by atoms with Gasteiger partial charge in [0.1, 0.15) is 18.2 Å². The number of likely N-dealkylation sites (N-methyl/N-ethyl adjacent to an activating group) is 1. The number of hydrogen-bond donors (Lipinski definition) is 1. The smallest absolute Gasteiger partial charge is 0.245 e. The van der Waals surface area contributed by atoms with Crippen molar-refractivity contribution in [3.8, 4) is 5.75 Å². The fourth-order valence-corrected chi connectivity index (χ4v) is 4.22. The molecule has 188 valence electrons. The van der Waals surface area contributed by atoms with Crippen molar-refractivity contribution in [2.24, 2.45) is 0 Å². The van der Waals surface area contributed by atoms with Crippen LogP contribution in [-0.4, -0.2) is 44.6 Å². The summed E-state index contributed by atoms with van der Waals surface area (Å²) in [5.41, 5.74) is 5.19. The van der Waals surface area contributed by atoms with E-state index in [0.29, 0.717) is 19.7 Å². The van der Waals surface area contributed by atoms with Crippen molar-refractivity contribution in [1.29, 1.82) is 0 Å². The zero-order chi connectivity index (χ0) is 25.9. The van der Waals surface area contributed by atoms with Crippen LogP contribution in [0.4, 0.5) is 4.39 Å². The molecule has 0 aliphatic carbocycles. The molecule has 4 nitrogen and oxygen atoms in total. The van der Waals surface area contributed by atoms with Gasteiger partial charge in [-0.1, -0.05) is 55.5 Å². The van der Waals surface area contributed by atoms with Gasteiger partial charge in [-0.15, -0.1) is 9.24 Å². The lowest BCUT2D eigenvalue weighted by atomic mass is 9.88. The largest absolute Gasteiger partial charge is 0.492 e. The second-order valence-corrected chi connectivity index (χ2v) is 9.23. The maximum Gasteiger partial charge on any atom is 0.245 e. The summed E-state index contributed by atoms with van der Waals surface area (Å²) < 4.78 is 20.1. The summed E-state index contributed by atoms with van der Waals surface area (Å²) in [6.07, 6.45) is 4.12. The molecule has 3 aromatic rings. The van der Waals surface area contributed by atoms with E-state index in [-0.39, 0.29) is 11.7 Å². The standard InChI is InChI=1S/C30H34FN2O2P/c1-4-28(24-19-25(31)21-27(36)20-24)30(22-9-6-5-7-10-22)23-12-14-26(15-13-23)35-18-17-32-16-8-11-29(34)33(2)3/h5-15,19-21,32H,4,16-18,36H2,1-3H3/b11-8+,30-28-. The van der Waals surface area contributed by atoms with Crippen LogP contribution >= 0.6 is 9.24 Å². The Hall–Kier alpha value is -3.27. The first-order valence-electron chi connectivity index (χ1n) is 12.1. The van der Waals surface area contributed by atoms with Crippen LogP contribution in [0.2, 0.25) is 0 Å². The number of amides is 1. The molecule has 0 bridgehead atoms. The predicted octanol–water partition coefficient (Wildman–Crippen LogP) is 5.31. The van der Waals surface area contributed by atoms with Crippen LogP contribution in [0, 0.1) is 5.82 Å². The minimum Gasteiger partial charge on any atom is -0.492 e. The van der Waals surface area contributed by atoms with Crippen molar-refractivity contribution in [2.45, 2.75) is 13.3 Å². The lowest BCUT2D eigenvalue weighted by Gasteiger charge is -2.17. The van der Waals surface area contributed by atoms with E-state index in [1.165, 1.54) is 11.0 Å². The topological polar surface area (TPSA) is 41.6 Å². The van der Waals surface area contributed by atoms with Crippen LogP contribution in [0.25, 0.3) is 11.1 Å². The molecule has 0 aliphatic heterocycles. The van der Waals surface area contributed by atoms with E-state index in [2.05, 4.69) is 45.7 Å². The molecule has 0 aromatic heterocycles. The Morgan fingerprint density at radius 2 is 1.69 bits per heavy atom. The predicted molar refractivity (Wildman–Crippen MR) is 151 cm³/mol. The number of ether oxygens (including phenoxy) is 1. The average molecular weight is 505 g/mol. The summed E-state index contributed by atoms with van der Waals surface area (Å²) >= 11 is 0. The van der Waals surface area contributed by atoms with Gasteiger partial charge in [0, 0.05) is 33.3 Å². The lowest BCUT2D eigenvalue weighted by Crippen LogP contribution is -2.22. The van der Waals surface area contributed by atoms with Gasteiger partial charge in [-0.3, -0.25) is 4.79 Å². The summed E-state index contributed by atoms with van der Waals surface area (Å²) in [5, 5.41) is 4.05. The molecule has 3 rings (SSSR count). The summed E-state index contributed by atoms with van der Waals surface area (Å²) in [6.45, 7) is 3.87. The Labute approximate surface area is 216 Å². The molecular formula is C30H34FN2O2P. The highest BCUT2D eigenvalue weighted by molar-refractivity contribution is 7.27. The molecule has 1 amide bonds. The van der Waals surface area contributed by atoms with E-state index in [1.807, 2.05) is 36.4 Å². The SMILES string of the molecule is CC/C(=C(\c1ccccc1)c1ccc(OCCNC/C=C/C(=O)N(C)C)cc1)c1cc(F)cc(P)c1. The Kier molecular flexibility index (Phi) is 10.4. The molecule has 36 heavy (non-hydrogen) atoms. The number of carbonyl (C=O) groups is 1. The third-order valence-corrected chi connectivity index (χ3v) is 5.97. The van der Waals surface area contributed by atoms with Crippen LogP contribution in [-0.2, 0) is 4.79 Å². The highest BCUT2D eigenvalue weighted by Gasteiger charge is 2.14. The van der Waals surface area contributed by atoms with Crippen LogP contribution < -0.4 is 15.4 Å². The molecule has 0 radical (unpaired) electrons. The highest BCUT2D eigenvalue weighted by Crippen LogP contribution is 2.35. The summed E-state index contributed by atoms with van der Waals surface area (Å²) in [5.74, 6) is 0.505. The van der Waals surface area contributed by atoms with Crippen molar-refractivity contribution in [3.63, 3.8) is 0 Å². The first-order chi connectivity index (χ1) is 17.4. The van der Waals surface area contributed by atoms with Gasteiger partial charge in [0.25, 0.3) is 0 Å². The first-order valence-corrected chi connectivity index (χ1v) is 12.6. The maximum atomic E-state index is 14.3. The number of benzene rings is 3. The van der Waals surface area contributed by atoms with Crippen molar-refractivity contribution < 1.29 is 13.9 Å². The van der Waals surface area contributed by atoms with E-state index in [1.54, 1.807) is 32.3 Å². The molecule has 0 spiro atoms. The van der Waals surface area contributed by atoms with Gasteiger partial charge in [-0.2, -0.15) is 0 Å². The zero-order valence-electron chi connectivity index (χ0n) is 21.1. The summed E-state index contributed by atoms with van der Waals surface area (Å²) in [7, 11) is 6.04. The normalized spacial score (nSPS) is 11.9. The third kappa shape index (κ3) is 7.87. The van der Waals surface area contributed by atoms with Crippen LogP contribution in [0.5, 0.6) is 5.75 Å². The number of hydrogen-bond acceptors (Lipinski definition) is 3. The van der Waals surface area contributed by atoms with Crippen LogP contribution in [0.15, 0.2) is 84.9 Å². The monoisotopic (exact) mass is 504 g/mol. The molecule has 1 unspecified atom stereocenters. The number of carbonyl (C=O) groups excluding carboxylic acids is 1. The van der Waals surface area contributed by atoms with Crippen LogP contribution in [0.1, 0.15) is 30.0 Å². The fraction of sp³-hybridized carbons (Fsp3) is 0.233. The molecule has 0 saturated heterocycles. The van der Waals surface area contributed by atoms with Crippen LogP contribution in [0.3, 0.4) is 0 Å². The molecule has 0 heterocycles. The number of rotatable bonds is 11. The minimum absolute atomic E-state index is 0.0327. The molecule has 0 aliphatic rings. The molecule has 1 N–H and O–H groups in total. The van der Waals surface area contributed by atoms with Crippen molar-refractivity contribution in [1.82, 2.24) is 10.2 Å². The first kappa shape index (κ1) is 27.3. The Bertz CT molecular complexity index is 1190. The van der Waals surface area contributed by atoms with Crippen molar-refractivity contribution in [3.05, 3.63) is 107 Å². The van der Waals surface area contributed by atoms with E-state index in [9.17, 15) is 9.18 Å². The number of halogens is 1. The van der Waals surface area contributed by atoms with E-state index in [4.69, 9.17) is 4.74 Å². The summed E-state index contributed by atoms with van der Waals surface area (Å²) in [4.78, 5) is 13.1. The summed E-state index contributed by atoms with van der Waals surface area (Å²) in [6, 6.07) is 23.4.